The van der Waals surface area contributed by atoms with Crippen LogP contribution in [0.4, 0.5) is 5.82 Å². The highest BCUT2D eigenvalue weighted by Gasteiger charge is 2.39. The van der Waals surface area contributed by atoms with Gasteiger partial charge in [-0.2, -0.15) is 4.72 Å². The van der Waals surface area contributed by atoms with E-state index in [9.17, 15) is 8.42 Å². The fraction of sp³-hybridized carbons (Fsp3) is 0.711. The van der Waals surface area contributed by atoms with E-state index in [1.165, 1.54) is 16.7 Å². The summed E-state index contributed by atoms with van der Waals surface area (Å²) in [7, 11) is -0.173. The Morgan fingerprint density at radius 3 is 2.36 bits per heavy atom. The van der Waals surface area contributed by atoms with Crippen molar-refractivity contribution in [1.82, 2.24) is 25.2 Å². The van der Waals surface area contributed by atoms with Gasteiger partial charge in [-0.25, -0.2) is 13.4 Å². The lowest BCUT2D eigenvalue weighted by atomic mass is 9.85. The van der Waals surface area contributed by atoms with Gasteiger partial charge in [0.1, 0.15) is 18.3 Å². The lowest BCUT2D eigenvalue weighted by Gasteiger charge is -2.41. The normalized spacial score (nSPS) is 27.9. The van der Waals surface area contributed by atoms with Crippen molar-refractivity contribution in [2.24, 2.45) is 11.3 Å². The van der Waals surface area contributed by atoms with Crippen molar-refractivity contribution in [2.45, 2.75) is 110 Å². The highest BCUT2D eigenvalue weighted by molar-refractivity contribution is 7.90. The molecule has 280 valence electrons. The van der Waals surface area contributed by atoms with Crippen molar-refractivity contribution >= 4 is 15.8 Å². The third-order valence-electron chi connectivity index (χ3n) is 10.5. The summed E-state index contributed by atoms with van der Waals surface area (Å²) in [5.41, 5.74) is 4.62. The van der Waals surface area contributed by atoms with Crippen LogP contribution in [-0.4, -0.2) is 95.8 Å². The van der Waals surface area contributed by atoms with Gasteiger partial charge in [-0.05, 0) is 79.7 Å². The molecule has 0 amide bonds. The van der Waals surface area contributed by atoms with Crippen molar-refractivity contribution in [1.29, 1.82) is 0 Å². The average Bonchev–Trinajstić information content (AvgIpc) is 3.06. The molecule has 50 heavy (non-hydrogen) atoms. The maximum absolute atomic E-state index is 14.0. The zero-order valence-corrected chi connectivity index (χ0v) is 32.2. The smallest absolute Gasteiger partial charge is 0.216 e. The number of hydrogen-bond donors (Lipinski definition) is 3. The molecule has 1 saturated carbocycles. The molecule has 0 spiro atoms. The van der Waals surface area contributed by atoms with E-state index in [4.69, 9.17) is 19.2 Å². The molecule has 3 heterocycles. The molecule has 6 atom stereocenters. The summed E-state index contributed by atoms with van der Waals surface area (Å²) in [5.74, 6) is 1.16. The number of hydrogen-bond acceptors (Lipinski definition) is 10. The van der Waals surface area contributed by atoms with Gasteiger partial charge in [0.15, 0.2) is 0 Å². The average molecular weight is 715 g/mol. The largest absolute Gasteiger partial charge is 0.383 e. The molecule has 4 bridgehead atoms. The zero-order valence-electron chi connectivity index (χ0n) is 31.4. The number of aromatic nitrogens is 1. The molecule has 12 heteroatoms. The fourth-order valence-electron chi connectivity index (χ4n) is 8.08. The molecule has 1 aliphatic carbocycles. The van der Waals surface area contributed by atoms with E-state index in [-0.39, 0.29) is 29.6 Å². The Bertz CT molecular complexity index is 1460. The highest BCUT2D eigenvalue weighted by Crippen LogP contribution is 2.34. The minimum absolute atomic E-state index is 0.0531. The molecular weight excluding hydrogens is 653 g/mol. The summed E-state index contributed by atoms with van der Waals surface area (Å²) < 4.78 is 48.6. The number of aryl methyl sites for hydroxylation is 2. The molecule has 5 rings (SSSR count). The van der Waals surface area contributed by atoms with Crippen LogP contribution in [-0.2, 0) is 30.8 Å². The molecular formula is C38H62N6O5S. The fourth-order valence-corrected chi connectivity index (χ4v) is 9.74. The van der Waals surface area contributed by atoms with E-state index in [1.807, 2.05) is 0 Å². The molecule has 3 fully saturated rings. The Hall–Kier alpha value is -2.16. The van der Waals surface area contributed by atoms with Crippen LogP contribution in [0.5, 0.6) is 0 Å². The Morgan fingerprint density at radius 1 is 0.980 bits per heavy atom. The first kappa shape index (κ1) is 39.1. The predicted molar refractivity (Wildman–Crippen MR) is 199 cm³/mol. The minimum atomic E-state index is -3.61. The van der Waals surface area contributed by atoms with E-state index in [2.05, 4.69) is 96.2 Å². The Morgan fingerprint density at radius 2 is 1.68 bits per heavy atom. The van der Waals surface area contributed by atoms with E-state index in [0.29, 0.717) is 45.6 Å². The van der Waals surface area contributed by atoms with Gasteiger partial charge in [0.05, 0.1) is 30.8 Å². The maximum atomic E-state index is 14.0. The number of nitrogens with one attached hydrogen (secondary N) is 3. The lowest BCUT2D eigenvalue weighted by Crippen LogP contribution is -2.64. The number of fused-ring (bicyclic) bond motifs is 4. The van der Waals surface area contributed by atoms with E-state index < -0.39 is 21.6 Å². The van der Waals surface area contributed by atoms with Gasteiger partial charge < -0.3 is 19.1 Å². The van der Waals surface area contributed by atoms with Gasteiger partial charge >= 0.3 is 0 Å². The first-order valence-corrected chi connectivity index (χ1v) is 20.0. The van der Waals surface area contributed by atoms with Crippen LogP contribution < -0.4 is 20.3 Å². The zero-order chi connectivity index (χ0) is 35.9. The van der Waals surface area contributed by atoms with Gasteiger partial charge in [0.2, 0.25) is 10.0 Å². The predicted octanol–water partition coefficient (Wildman–Crippen LogP) is 4.85. The lowest BCUT2D eigenvalue weighted by molar-refractivity contribution is -0.0517. The van der Waals surface area contributed by atoms with Crippen molar-refractivity contribution < 1.29 is 22.6 Å². The van der Waals surface area contributed by atoms with Crippen molar-refractivity contribution in [3.8, 4) is 0 Å². The summed E-state index contributed by atoms with van der Waals surface area (Å²) in [6, 6.07) is 12.6. The number of sulfonamides is 1. The first-order chi connectivity index (χ1) is 23.8. The van der Waals surface area contributed by atoms with Crippen LogP contribution in [0.1, 0.15) is 87.7 Å². The van der Waals surface area contributed by atoms with Crippen LogP contribution in [0.3, 0.4) is 0 Å². The Labute approximate surface area is 301 Å². The van der Waals surface area contributed by atoms with Gasteiger partial charge in [0, 0.05) is 58.9 Å². The van der Waals surface area contributed by atoms with Crippen LogP contribution in [0, 0.1) is 25.2 Å². The van der Waals surface area contributed by atoms with E-state index in [0.717, 1.165) is 50.4 Å². The highest BCUT2D eigenvalue weighted by atomic mass is 32.2. The van der Waals surface area contributed by atoms with Gasteiger partial charge in [0.25, 0.3) is 0 Å². The van der Waals surface area contributed by atoms with E-state index in [1.54, 1.807) is 14.2 Å². The summed E-state index contributed by atoms with van der Waals surface area (Å²) in [6.07, 6.45) is 3.86. The standard InChI is InChI=1S/C38H62N6O5S/c1-27-11-8-12-28(2)36(27)33-22-35-41-37(40-33)42-50(45,46)32-15-9-13-29(21-32)24-44(31(26-49-35)23-38(3,4)5)25-30-14-10-16-34(39-30)43(17-19-47-6)18-20-48-7/h8,10-12,14,16,29,31-33,35,37,40-42H,9,13,15,17-26H2,1-7H3/t29?,31-,32?,33?,35?,37?/m1/s1. The number of pyridine rings is 1. The van der Waals surface area contributed by atoms with Crippen LogP contribution in [0.25, 0.3) is 0 Å². The van der Waals surface area contributed by atoms with Gasteiger partial charge in [-0.15, -0.1) is 0 Å². The molecule has 3 N–H and O–H groups in total. The van der Waals surface area contributed by atoms with Crippen molar-refractivity contribution in [2.75, 3.05) is 58.6 Å². The molecule has 2 saturated heterocycles. The first-order valence-electron chi connectivity index (χ1n) is 18.5. The topological polar surface area (TPSA) is 117 Å². The van der Waals surface area contributed by atoms with Crippen LogP contribution >= 0.6 is 0 Å². The number of nitrogens with zero attached hydrogens (tertiary/aromatic N) is 3. The molecule has 2 aromatic rings. The minimum Gasteiger partial charge on any atom is -0.383 e. The molecule has 11 nitrogen and oxygen atoms in total. The molecule has 0 radical (unpaired) electrons. The second-order valence-corrected chi connectivity index (χ2v) is 17.8. The van der Waals surface area contributed by atoms with Gasteiger partial charge in [-0.3, -0.25) is 15.5 Å². The second-order valence-electron chi connectivity index (χ2n) is 15.8. The molecule has 2 aliphatic heterocycles. The number of benzene rings is 1. The second kappa shape index (κ2) is 17.6. The third kappa shape index (κ3) is 10.7. The summed E-state index contributed by atoms with van der Waals surface area (Å²) in [4.78, 5) is 9.92. The number of rotatable bonds is 11. The summed E-state index contributed by atoms with van der Waals surface area (Å²) >= 11 is 0. The Kier molecular flexibility index (Phi) is 13.7. The SMILES string of the molecule is COCCN(CCOC)c1cccc(CN2CC3CCCC(C3)S(=O)(=O)NC3NC(CC(c4c(C)cccc4C)N3)OC[C@H]2CC(C)(C)C)n1. The number of anilines is 1. The van der Waals surface area contributed by atoms with Crippen molar-refractivity contribution in [3.05, 3.63) is 58.8 Å². The monoisotopic (exact) mass is 714 g/mol. The van der Waals surface area contributed by atoms with E-state index >= 15 is 0 Å². The Balaban J connectivity index is 1.48. The number of ether oxygens (including phenoxy) is 3. The molecule has 5 unspecified atom stereocenters. The quantitative estimate of drug-likeness (QED) is 0.299. The third-order valence-corrected chi connectivity index (χ3v) is 12.3. The van der Waals surface area contributed by atoms with Crippen LogP contribution in [0.15, 0.2) is 36.4 Å². The summed E-state index contributed by atoms with van der Waals surface area (Å²) in [6.45, 7) is 15.7. The van der Waals surface area contributed by atoms with Gasteiger partial charge in [-0.1, -0.05) is 51.5 Å². The molecule has 1 aromatic carbocycles. The summed E-state index contributed by atoms with van der Waals surface area (Å²) in [5, 5.41) is 6.63. The van der Waals surface area contributed by atoms with Crippen LogP contribution in [0.2, 0.25) is 0 Å². The molecule has 3 aliphatic rings. The molecule has 1 aromatic heterocycles. The number of methoxy groups -OCH3 is 2. The maximum Gasteiger partial charge on any atom is 0.216 e. The van der Waals surface area contributed by atoms with Crippen molar-refractivity contribution in [3.63, 3.8) is 0 Å².